The summed E-state index contributed by atoms with van der Waals surface area (Å²) < 4.78 is 93.0. The number of nitrogens with two attached hydrogens (primary N) is 2. The lowest BCUT2D eigenvalue weighted by molar-refractivity contribution is -0.135. The molecule has 580 valence electrons. The number of hydrogen-bond acceptors (Lipinski definition) is 23. The molecule has 8 aromatic carbocycles. The molecule has 0 aliphatic rings. The average molecular weight is 1510 g/mol. The summed E-state index contributed by atoms with van der Waals surface area (Å²) in [6.45, 7) is 3.81. The molecular weight excluding hydrogens is 1410 g/mol. The van der Waals surface area contributed by atoms with Gasteiger partial charge in [0.1, 0.15) is 76.5 Å². The maximum absolute atomic E-state index is 14.1. The zero-order valence-electron chi connectivity index (χ0n) is 62.6. The van der Waals surface area contributed by atoms with Crippen molar-refractivity contribution in [3.05, 3.63) is 233 Å². The summed E-state index contributed by atoms with van der Waals surface area (Å²) in [6.07, 6.45) is 18.7. The van der Waals surface area contributed by atoms with Crippen molar-refractivity contribution in [1.82, 2.24) is 0 Å². The molecule has 110 heavy (non-hydrogen) atoms. The minimum absolute atomic E-state index is 0.0347. The van der Waals surface area contributed by atoms with Gasteiger partial charge in [-0.05, 0) is 219 Å². The number of methoxy groups -OCH3 is 4. The number of benzene rings is 8. The van der Waals surface area contributed by atoms with Crippen molar-refractivity contribution in [3.8, 4) is 63.2 Å². The van der Waals surface area contributed by atoms with Crippen LogP contribution >= 0.6 is 0 Å². The number of anilines is 2. The summed E-state index contributed by atoms with van der Waals surface area (Å²) in [4.78, 5) is 60.3. The lowest BCUT2D eigenvalue weighted by Gasteiger charge is -2.16. The van der Waals surface area contributed by atoms with Crippen LogP contribution in [0.5, 0.6) is 63.2 Å². The van der Waals surface area contributed by atoms with Gasteiger partial charge in [0.2, 0.25) is 0 Å². The van der Waals surface area contributed by atoms with Crippen LogP contribution in [-0.2, 0) is 56.1 Å². The Hall–Kier alpha value is -12.5. The second-order valence-corrected chi connectivity index (χ2v) is 24.7. The SMILES string of the molecule is COC(=O)/C=C/c1ccc(OCCCCOc2cc(COc3cc(OCc4cc(OCCCCOc5ccc(/C=C/C(=O)OC)cc5)cc(OCCCCOc5ccc(/C=C/C(=O)OC)cc5)c4)cc(C(=O)OCCCCOc4cc(N)ccc4N)c3)cc(OCCCCOc3ccc(/C=C/C(=O)OC)cc3)c2)cc1. The van der Waals surface area contributed by atoms with E-state index in [1.807, 2.05) is 133 Å². The second kappa shape index (κ2) is 47.2. The smallest absolute Gasteiger partial charge is 0.338 e. The third-order valence-electron chi connectivity index (χ3n) is 16.2. The van der Waals surface area contributed by atoms with Gasteiger partial charge in [0.25, 0.3) is 0 Å². The Bertz CT molecular complexity index is 3860. The summed E-state index contributed by atoms with van der Waals surface area (Å²) in [5.41, 5.74) is 18.0. The van der Waals surface area contributed by atoms with E-state index in [4.69, 9.17) is 68.3 Å². The fourth-order valence-corrected chi connectivity index (χ4v) is 10.2. The number of esters is 5. The molecule has 0 aliphatic carbocycles. The molecular formula is C87H96N2O21. The van der Waals surface area contributed by atoms with Gasteiger partial charge >= 0.3 is 29.8 Å². The summed E-state index contributed by atoms with van der Waals surface area (Å²) >= 11 is 0. The van der Waals surface area contributed by atoms with Crippen LogP contribution in [0.25, 0.3) is 24.3 Å². The van der Waals surface area contributed by atoms with Gasteiger partial charge in [-0.2, -0.15) is 0 Å². The van der Waals surface area contributed by atoms with E-state index >= 15 is 0 Å². The van der Waals surface area contributed by atoms with Crippen LogP contribution in [0.4, 0.5) is 11.4 Å². The molecule has 0 unspecified atom stereocenters. The van der Waals surface area contributed by atoms with Gasteiger partial charge in [-0.3, -0.25) is 0 Å². The quantitative estimate of drug-likeness (QED) is 0.0118. The Morgan fingerprint density at radius 1 is 0.282 bits per heavy atom. The van der Waals surface area contributed by atoms with E-state index in [2.05, 4.69) is 18.9 Å². The highest BCUT2D eigenvalue weighted by molar-refractivity contribution is 5.91. The Morgan fingerprint density at radius 2 is 0.545 bits per heavy atom. The van der Waals surface area contributed by atoms with Crippen LogP contribution in [0.3, 0.4) is 0 Å². The van der Waals surface area contributed by atoms with Crippen molar-refractivity contribution in [1.29, 1.82) is 0 Å². The third kappa shape index (κ3) is 31.9. The number of carbonyl (C=O) groups is 5. The van der Waals surface area contributed by atoms with Crippen LogP contribution in [0, 0.1) is 0 Å². The molecule has 23 heteroatoms. The van der Waals surface area contributed by atoms with Gasteiger partial charge in [0.15, 0.2) is 0 Å². The Labute approximate surface area is 642 Å². The van der Waals surface area contributed by atoms with E-state index in [1.54, 1.807) is 60.7 Å². The van der Waals surface area contributed by atoms with Gasteiger partial charge in [-0.25, -0.2) is 24.0 Å². The van der Waals surface area contributed by atoms with Crippen molar-refractivity contribution in [2.75, 3.05) is 106 Å². The highest BCUT2D eigenvalue weighted by Crippen LogP contribution is 2.31. The molecule has 0 aliphatic heterocycles. The zero-order chi connectivity index (χ0) is 77.8. The van der Waals surface area contributed by atoms with Crippen LogP contribution in [-0.4, -0.2) is 124 Å². The van der Waals surface area contributed by atoms with Crippen LogP contribution in [0.15, 0.2) is 194 Å². The molecule has 0 amide bonds. The largest absolute Gasteiger partial charge is 0.494 e. The van der Waals surface area contributed by atoms with E-state index in [9.17, 15) is 24.0 Å². The molecule has 4 N–H and O–H groups in total. The standard InChI is InChI=1S/C87H96N2O21/c1-95-83(90)37-23-63-15-28-71(29-16-63)99-41-5-9-45-103-75-51-67(52-76(58-75)104-46-10-6-42-100-72-30-17-64(18-31-72)24-38-84(91)96-2)61-109-79-55-69(87(94)108-50-14-13-49-107-82-57-70(88)27-36-81(82)89)56-80(60-79)110-62-68-53-77(105-47-11-7-43-101-73-32-19-65(20-33-73)25-39-85(92)97-3)59-78(54-68)106-48-12-8-44-102-74-34-21-66(22-35-74)26-40-86(93)98-4/h15-40,51-60H,5-14,41-50,61-62,88-89H2,1-4H3/b37-23+,38-24+,39-25+,40-26+. The topological polar surface area (TPSA) is 285 Å². The first kappa shape index (κ1) is 83.1. The van der Waals surface area contributed by atoms with Crippen molar-refractivity contribution < 1.29 is 99.8 Å². The van der Waals surface area contributed by atoms with Crippen molar-refractivity contribution in [3.63, 3.8) is 0 Å². The average Bonchev–Trinajstić information content (AvgIpc) is 0.835. The van der Waals surface area contributed by atoms with Gasteiger partial charge < -0.3 is 87.3 Å². The van der Waals surface area contributed by atoms with Crippen molar-refractivity contribution in [2.45, 2.75) is 77.4 Å². The summed E-state index contributed by atoms with van der Waals surface area (Å²) in [7, 11) is 5.32. The first-order valence-corrected chi connectivity index (χ1v) is 36.3. The predicted molar refractivity (Wildman–Crippen MR) is 419 cm³/mol. The third-order valence-corrected chi connectivity index (χ3v) is 16.2. The number of ether oxygens (including phenoxy) is 16. The molecule has 0 bridgehead atoms. The first-order valence-electron chi connectivity index (χ1n) is 36.3. The molecule has 8 aromatic rings. The normalized spacial score (nSPS) is 11.1. The molecule has 0 fully saturated rings. The molecule has 0 atom stereocenters. The maximum Gasteiger partial charge on any atom is 0.338 e. The van der Waals surface area contributed by atoms with E-state index in [0.717, 1.165) is 33.4 Å². The van der Waals surface area contributed by atoms with Gasteiger partial charge in [0.05, 0.1) is 106 Å². The van der Waals surface area contributed by atoms with Crippen molar-refractivity contribution in [2.24, 2.45) is 0 Å². The second-order valence-electron chi connectivity index (χ2n) is 24.7. The van der Waals surface area contributed by atoms with Crippen molar-refractivity contribution >= 4 is 65.5 Å². The number of unbranched alkanes of at least 4 members (excludes halogenated alkanes) is 5. The van der Waals surface area contributed by atoms with E-state index in [-0.39, 0.29) is 25.4 Å². The number of rotatable bonds is 49. The fourth-order valence-electron chi connectivity index (χ4n) is 10.2. The van der Waals surface area contributed by atoms with Crippen LogP contribution in [0.2, 0.25) is 0 Å². The Kier molecular flexibility index (Phi) is 35.7. The van der Waals surface area contributed by atoms with E-state index in [0.29, 0.717) is 198 Å². The first-order chi connectivity index (χ1) is 53.7. The lowest BCUT2D eigenvalue weighted by atomic mass is 10.2. The fraction of sp³-hybridized carbons (Fsp3) is 0.299. The molecule has 0 heterocycles. The molecule has 0 saturated carbocycles. The molecule has 0 saturated heterocycles. The predicted octanol–water partition coefficient (Wildman–Crippen LogP) is 15.7. The molecule has 8 rings (SSSR count). The Balaban J connectivity index is 0.945. The van der Waals surface area contributed by atoms with Gasteiger partial charge in [0, 0.05) is 54.3 Å². The minimum atomic E-state index is -0.596. The molecule has 23 nitrogen and oxygen atoms in total. The van der Waals surface area contributed by atoms with Gasteiger partial charge in [-0.15, -0.1) is 0 Å². The molecule has 0 aromatic heterocycles. The van der Waals surface area contributed by atoms with E-state index < -0.39 is 29.8 Å². The highest BCUT2D eigenvalue weighted by atomic mass is 16.6. The molecule has 0 radical (unpaired) electrons. The van der Waals surface area contributed by atoms with E-state index in [1.165, 1.54) is 52.7 Å². The highest BCUT2D eigenvalue weighted by Gasteiger charge is 2.16. The van der Waals surface area contributed by atoms with Crippen LogP contribution in [0.1, 0.15) is 108 Å². The summed E-state index contributed by atoms with van der Waals surface area (Å²) in [5, 5.41) is 0. The zero-order valence-corrected chi connectivity index (χ0v) is 62.6. The Morgan fingerprint density at radius 3 is 0.836 bits per heavy atom. The van der Waals surface area contributed by atoms with Gasteiger partial charge in [-0.1, -0.05) is 48.5 Å². The maximum atomic E-state index is 14.1. The lowest BCUT2D eigenvalue weighted by Crippen LogP contribution is -2.09. The monoisotopic (exact) mass is 1500 g/mol. The summed E-state index contributed by atoms with van der Waals surface area (Å²) in [6, 6.07) is 50.8. The number of carbonyl (C=O) groups excluding carboxylic acids is 5. The number of nitrogen functional groups attached to an aromatic ring is 2. The van der Waals surface area contributed by atoms with Crippen LogP contribution < -0.4 is 63.6 Å². The summed E-state index contributed by atoms with van der Waals surface area (Å²) in [5.74, 6) is 3.79. The minimum Gasteiger partial charge on any atom is -0.494 e. The number of hydrogen-bond donors (Lipinski definition) is 2. The molecule has 0 spiro atoms.